The fourth-order valence-corrected chi connectivity index (χ4v) is 1.33. The normalized spacial score (nSPS) is 9.45. The fourth-order valence-electron chi connectivity index (χ4n) is 1.33. The molecular formula is C14H15NO5. The van der Waals surface area contributed by atoms with Gasteiger partial charge in [0.2, 0.25) is 0 Å². The van der Waals surface area contributed by atoms with E-state index in [0.717, 1.165) is 0 Å². The Kier molecular flexibility index (Phi) is 6.04. The summed E-state index contributed by atoms with van der Waals surface area (Å²) in [6.45, 7) is 3.75. The highest BCUT2D eigenvalue weighted by atomic mass is 16.5. The molecule has 0 atom stereocenters. The Labute approximate surface area is 117 Å². The van der Waals surface area contributed by atoms with Gasteiger partial charge in [0, 0.05) is 12.1 Å². The van der Waals surface area contributed by atoms with Crippen molar-refractivity contribution in [2.24, 2.45) is 0 Å². The summed E-state index contributed by atoms with van der Waals surface area (Å²) < 4.78 is 14.9. The second kappa shape index (κ2) is 7.79. The number of esters is 2. The molecule has 1 aromatic heterocycles. The number of carbonyl (C=O) groups excluding carboxylic acids is 2. The van der Waals surface area contributed by atoms with E-state index in [1.165, 1.54) is 12.1 Å². The van der Waals surface area contributed by atoms with Gasteiger partial charge in [0.1, 0.15) is 12.4 Å². The van der Waals surface area contributed by atoms with Crippen LogP contribution in [-0.2, 0) is 9.47 Å². The molecule has 0 N–H and O–H groups in total. The maximum absolute atomic E-state index is 11.7. The maximum Gasteiger partial charge on any atom is 0.357 e. The van der Waals surface area contributed by atoms with Gasteiger partial charge in [-0.3, -0.25) is 0 Å². The van der Waals surface area contributed by atoms with E-state index in [1.54, 1.807) is 13.8 Å². The number of hydrogen-bond donors (Lipinski definition) is 0. The summed E-state index contributed by atoms with van der Waals surface area (Å²) in [7, 11) is 0. The predicted octanol–water partition coefficient (Wildman–Crippen LogP) is 1.45. The molecule has 0 fully saturated rings. The lowest BCUT2D eigenvalue weighted by Gasteiger charge is -2.08. The highest BCUT2D eigenvalue weighted by Crippen LogP contribution is 2.16. The number of carbonyl (C=O) groups is 2. The van der Waals surface area contributed by atoms with Crippen molar-refractivity contribution in [1.29, 1.82) is 0 Å². The van der Waals surface area contributed by atoms with Crippen molar-refractivity contribution >= 4 is 11.9 Å². The third-order valence-corrected chi connectivity index (χ3v) is 2.09. The Bertz CT molecular complexity index is 497. The van der Waals surface area contributed by atoms with Gasteiger partial charge in [0.05, 0.1) is 13.2 Å². The van der Waals surface area contributed by atoms with E-state index >= 15 is 0 Å². The Hall–Kier alpha value is -2.55. The van der Waals surface area contributed by atoms with Crippen LogP contribution in [0, 0.1) is 12.3 Å². The molecule has 0 bridgehead atoms. The van der Waals surface area contributed by atoms with Gasteiger partial charge in [-0.05, 0) is 13.8 Å². The zero-order chi connectivity index (χ0) is 15.0. The minimum absolute atomic E-state index is 0.00848. The van der Waals surface area contributed by atoms with Crippen LogP contribution in [0.5, 0.6) is 5.75 Å². The average Bonchev–Trinajstić information content (AvgIpc) is 2.45. The Morgan fingerprint density at radius 3 is 2.05 bits per heavy atom. The van der Waals surface area contributed by atoms with Crippen LogP contribution in [0.2, 0.25) is 0 Å². The Morgan fingerprint density at radius 2 is 1.65 bits per heavy atom. The van der Waals surface area contributed by atoms with Gasteiger partial charge in [-0.15, -0.1) is 6.42 Å². The lowest BCUT2D eigenvalue weighted by atomic mass is 10.2. The zero-order valence-corrected chi connectivity index (χ0v) is 11.3. The topological polar surface area (TPSA) is 74.7 Å². The SMILES string of the molecule is C#CCOc1cc(C(=O)OCC)nc(C(=O)OCC)c1. The minimum atomic E-state index is -0.649. The van der Waals surface area contributed by atoms with E-state index in [2.05, 4.69) is 10.9 Å². The summed E-state index contributed by atoms with van der Waals surface area (Å²) >= 11 is 0. The lowest BCUT2D eigenvalue weighted by molar-refractivity contribution is 0.0510. The number of pyridine rings is 1. The van der Waals surface area contributed by atoms with E-state index in [-0.39, 0.29) is 37.0 Å². The van der Waals surface area contributed by atoms with Gasteiger partial charge >= 0.3 is 11.9 Å². The third kappa shape index (κ3) is 4.28. The molecule has 6 nitrogen and oxygen atoms in total. The van der Waals surface area contributed by atoms with Gasteiger partial charge in [-0.25, -0.2) is 14.6 Å². The number of aromatic nitrogens is 1. The standard InChI is InChI=1S/C14H15NO5/c1-4-7-20-10-8-11(13(16)18-5-2)15-12(9-10)14(17)19-6-3/h1,8-9H,5-7H2,2-3H3. The summed E-state index contributed by atoms with van der Waals surface area (Å²) in [5.41, 5.74) is -0.0751. The number of rotatable bonds is 6. The van der Waals surface area contributed by atoms with Crippen LogP contribution >= 0.6 is 0 Å². The smallest absolute Gasteiger partial charge is 0.357 e. The number of hydrogen-bond acceptors (Lipinski definition) is 6. The molecule has 0 amide bonds. The summed E-state index contributed by atoms with van der Waals surface area (Å²) in [6.07, 6.45) is 5.09. The molecule has 1 heterocycles. The van der Waals surface area contributed by atoms with Crippen molar-refractivity contribution in [3.8, 4) is 18.1 Å². The van der Waals surface area contributed by atoms with Crippen LogP contribution < -0.4 is 4.74 Å². The summed E-state index contributed by atoms with van der Waals surface area (Å²) in [6, 6.07) is 2.72. The van der Waals surface area contributed by atoms with E-state index in [0.29, 0.717) is 0 Å². The molecule has 0 radical (unpaired) electrons. The van der Waals surface area contributed by atoms with Crippen LogP contribution in [0.3, 0.4) is 0 Å². The largest absolute Gasteiger partial charge is 0.481 e. The molecule has 0 unspecified atom stereocenters. The maximum atomic E-state index is 11.7. The molecule has 6 heteroatoms. The fraction of sp³-hybridized carbons (Fsp3) is 0.357. The van der Waals surface area contributed by atoms with Gasteiger partial charge in [0.15, 0.2) is 11.4 Å². The first-order chi connectivity index (χ1) is 9.62. The molecule has 1 rings (SSSR count). The van der Waals surface area contributed by atoms with Crippen molar-refractivity contribution < 1.29 is 23.8 Å². The second-order valence-electron chi connectivity index (χ2n) is 3.51. The molecule has 0 aliphatic carbocycles. The van der Waals surface area contributed by atoms with Crippen LogP contribution in [0.15, 0.2) is 12.1 Å². The summed E-state index contributed by atoms with van der Waals surface area (Å²) in [5, 5.41) is 0. The minimum Gasteiger partial charge on any atom is -0.481 e. The summed E-state index contributed by atoms with van der Waals surface area (Å²) in [4.78, 5) is 27.2. The van der Waals surface area contributed by atoms with Crippen LogP contribution in [0.25, 0.3) is 0 Å². The predicted molar refractivity (Wildman–Crippen MR) is 70.5 cm³/mol. The molecule has 0 saturated carbocycles. The van der Waals surface area contributed by atoms with Gasteiger partial charge in [0.25, 0.3) is 0 Å². The van der Waals surface area contributed by atoms with Gasteiger partial charge < -0.3 is 14.2 Å². The van der Waals surface area contributed by atoms with E-state index in [1.807, 2.05) is 0 Å². The highest BCUT2D eigenvalue weighted by Gasteiger charge is 2.17. The van der Waals surface area contributed by atoms with Crippen LogP contribution in [0.4, 0.5) is 0 Å². The molecular weight excluding hydrogens is 262 g/mol. The first-order valence-electron chi connectivity index (χ1n) is 6.05. The van der Waals surface area contributed by atoms with Crippen molar-refractivity contribution in [3.63, 3.8) is 0 Å². The van der Waals surface area contributed by atoms with Gasteiger partial charge in [-0.1, -0.05) is 5.92 Å². The zero-order valence-electron chi connectivity index (χ0n) is 11.3. The summed E-state index contributed by atoms with van der Waals surface area (Å²) in [5.74, 6) is 1.24. The number of terminal acetylenes is 1. The number of ether oxygens (including phenoxy) is 3. The van der Waals surface area contributed by atoms with E-state index in [4.69, 9.17) is 20.6 Å². The van der Waals surface area contributed by atoms with E-state index in [9.17, 15) is 9.59 Å². The first-order valence-corrected chi connectivity index (χ1v) is 6.05. The van der Waals surface area contributed by atoms with Gasteiger partial charge in [-0.2, -0.15) is 0 Å². The Morgan fingerprint density at radius 1 is 1.15 bits per heavy atom. The lowest BCUT2D eigenvalue weighted by Crippen LogP contribution is -2.13. The third-order valence-electron chi connectivity index (χ3n) is 2.09. The first kappa shape index (κ1) is 15.5. The molecule has 0 aromatic carbocycles. The monoisotopic (exact) mass is 277 g/mol. The van der Waals surface area contributed by atoms with Crippen molar-refractivity contribution in [2.45, 2.75) is 13.8 Å². The van der Waals surface area contributed by atoms with Crippen molar-refractivity contribution in [3.05, 3.63) is 23.5 Å². The van der Waals surface area contributed by atoms with Crippen molar-refractivity contribution in [1.82, 2.24) is 4.98 Å². The van der Waals surface area contributed by atoms with E-state index < -0.39 is 11.9 Å². The molecule has 0 aliphatic rings. The second-order valence-corrected chi connectivity index (χ2v) is 3.51. The number of nitrogens with zero attached hydrogens (tertiary/aromatic N) is 1. The van der Waals surface area contributed by atoms with Crippen LogP contribution in [-0.4, -0.2) is 36.7 Å². The quantitative estimate of drug-likeness (QED) is 0.578. The van der Waals surface area contributed by atoms with Crippen molar-refractivity contribution in [2.75, 3.05) is 19.8 Å². The molecule has 0 saturated heterocycles. The molecule has 0 aliphatic heterocycles. The molecule has 1 aromatic rings. The molecule has 20 heavy (non-hydrogen) atoms. The van der Waals surface area contributed by atoms with Crippen LogP contribution in [0.1, 0.15) is 34.8 Å². The Balaban J connectivity index is 3.10. The average molecular weight is 277 g/mol. The molecule has 0 spiro atoms. The molecule has 106 valence electrons. The highest BCUT2D eigenvalue weighted by molar-refractivity contribution is 5.92.